The van der Waals surface area contributed by atoms with Crippen molar-refractivity contribution in [3.63, 3.8) is 0 Å². The van der Waals surface area contributed by atoms with E-state index in [0.29, 0.717) is 22.2 Å². The van der Waals surface area contributed by atoms with E-state index in [1.54, 1.807) is 24.3 Å². The molecule has 5 heteroatoms. The molecule has 1 aromatic heterocycles. The third kappa shape index (κ3) is 2.39. The van der Waals surface area contributed by atoms with Crippen LogP contribution in [0.2, 0.25) is 0 Å². The zero-order chi connectivity index (χ0) is 14.8. The van der Waals surface area contributed by atoms with Crippen LogP contribution in [0.4, 0.5) is 20.2 Å². The maximum absolute atomic E-state index is 14.1. The van der Waals surface area contributed by atoms with Gasteiger partial charge in [0.2, 0.25) is 0 Å². The number of hydrogen-bond donors (Lipinski definition) is 1. The van der Waals surface area contributed by atoms with Gasteiger partial charge in [0.25, 0.3) is 0 Å². The lowest BCUT2D eigenvalue weighted by molar-refractivity contribution is 0.513. The molecule has 0 fully saturated rings. The van der Waals surface area contributed by atoms with E-state index in [-0.39, 0.29) is 5.69 Å². The highest BCUT2D eigenvalue weighted by Gasteiger charge is 2.14. The van der Waals surface area contributed by atoms with E-state index in [4.69, 9.17) is 6.42 Å². The molecule has 0 radical (unpaired) electrons. The monoisotopic (exact) mass is 281 g/mol. The summed E-state index contributed by atoms with van der Waals surface area (Å²) in [5.41, 5.74) is 1.50. The van der Waals surface area contributed by atoms with Gasteiger partial charge >= 0.3 is 0 Å². The fourth-order valence-corrected chi connectivity index (χ4v) is 2.02. The van der Waals surface area contributed by atoms with Crippen molar-refractivity contribution in [3.8, 4) is 12.3 Å². The van der Waals surface area contributed by atoms with Gasteiger partial charge in [-0.3, -0.25) is 0 Å². The molecule has 2 aromatic carbocycles. The SMILES string of the molecule is C#Cc1cccc(Nc2c(F)c(F)cc3ncncc23)c1. The molecule has 0 unspecified atom stereocenters. The van der Waals surface area contributed by atoms with E-state index in [9.17, 15) is 8.78 Å². The van der Waals surface area contributed by atoms with Crippen LogP contribution in [0.15, 0.2) is 42.9 Å². The van der Waals surface area contributed by atoms with Crippen LogP contribution in [-0.4, -0.2) is 9.97 Å². The number of halogens is 2. The molecule has 3 rings (SSSR count). The number of benzene rings is 2. The van der Waals surface area contributed by atoms with Crippen LogP contribution in [0.3, 0.4) is 0 Å². The molecule has 0 amide bonds. The average Bonchev–Trinajstić information content (AvgIpc) is 2.52. The lowest BCUT2D eigenvalue weighted by atomic mass is 10.1. The highest BCUT2D eigenvalue weighted by Crippen LogP contribution is 2.30. The molecule has 0 spiro atoms. The zero-order valence-electron chi connectivity index (χ0n) is 10.8. The van der Waals surface area contributed by atoms with E-state index < -0.39 is 11.6 Å². The van der Waals surface area contributed by atoms with Gasteiger partial charge in [0.1, 0.15) is 6.33 Å². The van der Waals surface area contributed by atoms with Crippen molar-refractivity contribution in [1.82, 2.24) is 9.97 Å². The lowest BCUT2D eigenvalue weighted by Crippen LogP contribution is -1.99. The van der Waals surface area contributed by atoms with Gasteiger partial charge in [0, 0.05) is 28.9 Å². The number of hydrogen-bond acceptors (Lipinski definition) is 3. The number of nitrogens with one attached hydrogen (secondary N) is 1. The summed E-state index contributed by atoms with van der Waals surface area (Å²) in [6.07, 6.45) is 8.03. The molecule has 0 atom stereocenters. The van der Waals surface area contributed by atoms with E-state index >= 15 is 0 Å². The number of terminal acetylenes is 1. The minimum Gasteiger partial charge on any atom is -0.352 e. The van der Waals surface area contributed by atoms with Gasteiger partial charge in [0.15, 0.2) is 11.6 Å². The van der Waals surface area contributed by atoms with Gasteiger partial charge in [-0.2, -0.15) is 0 Å². The molecular formula is C16H9F2N3. The lowest BCUT2D eigenvalue weighted by Gasteiger charge is -2.11. The summed E-state index contributed by atoms with van der Waals surface area (Å²) in [4.78, 5) is 7.78. The summed E-state index contributed by atoms with van der Waals surface area (Å²) >= 11 is 0. The highest BCUT2D eigenvalue weighted by molar-refractivity contribution is 5.93. The number of anilines is 2. The van der Waals surface area contributed by atoms with Crippen molar-refractivity contribution in [1.29, 1.82) is 0 Å². The van der Waals surface area contributed by atoms with E-state index in [2.05, 4.69) is 21.2 Å². The van der Waals surface area contributed by atoms with Crippen molar-refractivity contribution >= 4 is 22.3 Å². The molecule has 3 aromatic rings. The molecular weight excluding hydrogens is 272 g/mol. The second-order valence-electron chi connectivity index (χ2n) is 4.35. The van der Waals surface area contributed by atoms with Crippen LogP contribution < -0.4 is 5.32 Å². The molecule has 0 aliphatic heterocycles. The van der Waals surface area contributed by atoms with Crippen LogP contribution in [0.25, 0.3) is 10.9 Å². The fourth-order valence-electron chi connectivity index (χ4n) is 2.02. The summed E-state index contributed by atoms with van der Waals surface area (Å²) in [7, 11) is 0. The van der Waals surface area contributed by atoms with Crippen LogP contribution in [0.1, 0.15) is 5.56 Å². The van der Waals surface area contributed by atoms with Crippen molar-refractivity contribution in [3.05, 3.63) is 60.1 Å². The largest absolute Gasteiger partial charge is 0.352 e. The molecule has 0 aliphatic rings. The Balaban J connectivity index is 2.15. The van der Waals surface area contributed by atoms with Crippen LogP contribution >= 0.6 is 0 Å². The summed E-state index contributed by atoms with van der Waals surface area (Å²) in [6, 6.07) is 7.89. The van der Waals surface area contributed by atoms with Crippen molar-refractivity contribution in [2.75, 3.05) is 5.32 Å². The molecule has 0 saturated carbocycles. The summed E-state index contributed by atoms with van der Waals surface area (Å²) in [5.74, 6) is 0.526. The van der Waals surface area contributed by atoms with Gasteiger partial charge in [-0.05, 0) is 18.2 Å². The quantitative estimate of drug-likeness (QED) is 0.729. The standard InChI is InChI=1S/C16H9F2N3/c1-2-10-4-3-5-11(6-10)21-16-12-8-19-9-20-14(12)7-13(17)15(16)18/h1,3-9,21H. The number of aromatic nitrogens is 2. The van der Waals surface area contributed by atoms with Gasteiger partial charge in [-0.15, -0.1) is 6.42 Å². The van der Waals surface area contributed by atoms with Crippen LogP contribution in [0, 0.1) is 24.0 Å². The molecule has 0 saturated heterocycles. The van der Waals surface area contributed by atoms with Crippen molar-refractivity contribution in [2.24, 2.45) is 0 Å². The smallest absolute Gasteiger partial charge is 0.183 e. The molecule has 102 valence electrons. The third-order valence-electron chi connectivity index (χ3n) is 3.00. The Labute approximate surface area is 119 Å². The van der Waals surface area contributed by atoms with Gasteiger partial charge in [0.05, 0.1) is 11.2 Å². The molecule has 1 N–H and O–H groups in total. The van der Waals surface area contributed by atoms with Crippen LogP contribution in [0.5, 0.6) is 0 Å². The number of rotatable bonds is 2. The van der Waals surface area contributed by atoms with E-state index in [1.807, 2.05) is 0 Å². The zero-order valence-corrected chi connectivity index (χ0v) is 10.8. The predicted octanol–water partition coefficient (Wildman–Crippen LogP) is 3.63. The Morgan fingerprint density at radius 3 is 2.86 bits per heavy atom. The Morgan fingerprint density at radius 2 is 2.05 bits per heavy atom. The molecule has 21 heavy (non-hydrogen) atoms. The van der Waals surface area contributed by atoms with Crippen molar-refractivity contribution < 1.29 is 8.78 Å². The van der Waals surface area contributed by atoms with Gasteiger partial charge < -0.3 is 5.32 Å². The van der Waals surface area contributed by atoms with E-state index in [0.717, 1.165) is 6.07 Å². The molecule has 0 aliphatic carbocycles. The first kappa shape index (κ1) is 13.0. The Kier molecular flexibility index (Phi) is 3.20. The minimum absolute atomic E-state index is 0.0141. The topological polar surface area (TPSA) is 37.8 Å². The van der Waals surface area contributed by atoms with Gasteiger partial charge in [-0.25, -0.2) is 18.7 Å². The minimum atomic E-state index is -0.983. The first-order chi connectivity index (χ1) is 10.2. The first-order valence-electron chi connectivity index (χ1n) is 6.10. The van der Waals surface area contributed by atoms with Crippen molar-refractivity contribution in [2.45, 2.75) is 0 Å². The normalized spacial score (nSPS) is 10.3. The molecule has 0 bridgehead atoms. The maximum Gasteiger partial charge on any atom is 0.183 e. The Morgan fingerprint density at radius 1 is 1.19 bits per heavy atom. The van der Waals surface area contributed by atoms with Crippen LogP contribution in [-0.2, 0) is 0 Å². The summed E-state index contributed by atoms with van der Waals surface area (Å²) in [5, 5.41) is 3.23. The highest BCUT2D eigenvalue weighted by atomic mass is 19.2. The maximum atomic E-state index is 14.1. The first-order valence-corrected chi connectivity index (χ1v) is 6.10. The molecule has 3 nitrogen and oxygen atoms in total. The van der Waals surface area contributed by atoms with E-state index in [1.165, 1.54) is 12.5 Å². The summed E-state index contributed by atoms with van der Waals surface area (Å²) < 4.78 is 27.7. The third-order valence-corrected chi connectivity index (χ3v) is 3.00. The second kappa shape index (κ2) is 5.17. The Bertz CT molecular complexity index is 869. The van der Waals surface area contributed by atoms with Gasteiger partial charge in [-0.1, -0.05) is 12.0 Å². The predicted molar refractivity (Wildman–Crippen MR) is 77.1 cm³/mol. The Hall–Kier alpha value is -3.00. The number of nitrogens with zero attached hydrogens (tertiary/aromatic N) is 2. The average molecular weight is 281 g/mol. The number of fused-ring (bicyclic) bond motifs is 1. The second-order valence-corrected chi connectivity index (χ2v) is 4.35. The fraction of sp³-hybridized carbons (Fsp3) is 0. The molecule has 1 heterocycles. The summed E-state index contributed by atoms with van der Waals surface area (Å²) in [6.45, 7) is 0.